The Kier molecular flexibility index (Phi) is 4.87. The van der Waals surface area contributed by atoms with Crippen molar-refractivity contribution < 1.29 is 0 Å². The summed E-state index contributed by atoms with van der Waals surface area (Å²) in [6.45, 7) is 2.36. The van der Waals surface area contributed by atoms with Gasteiger partial charge in [-0.05, 0) is 61.2 Å². The third-order valence-corrected chi connectivity index (χ3v) is 8.83. The second-order valence-electron chi connectivity index (χ2n) is 11.2. The Balaban J connectivity index is 1.15. The van der Waals surface area contributed by atoms with Gasteiger partial charge in [-0.1, -0.05) is 98.0 Å². The van der Waals surface area contributed by atoms with Gasteiger partial charge in [0.2, 0.25) is 0 Å². The van der Waals surface area contributed by atoms with Gasteiger partial charge in [0.25, 0.3) is 0 Å². The number of rotatable bonds is 3. The molecule has 4 aromatic carbocycles. The highest BCUT2D eigenvalue weighted by Crippen LogP contribution is 2.39. The number of fused-ring (bicyclic) bond motifs is 6. The highest BCUT2D eigenvalue weighted by Gasteiger charge is 2.27. The largest absolute Gasteiger partial charge is 0.313 e. The molecule has 1 unspecified atom stereocenters. The van der Waals surface area contributed by atoms with Crippen LogP contribution in [0, 0.1) is 0 Å². The quantitative estimate of drug-likeness (QED) is 0.228. The molecular formula is C37H30N2. The van der Waals surface area contributed by atoms with Crippen LogP contribution in [0.2, 0.25) is 0 Å². The van der Waals surface area contributed by atoms with Crippen molar-refractivity contribution in [3.63, 3.8) is 0 Å². The smallest absolute Gasteiger partial charge is 0.0540 e. The number of nitrogens with zero attached hydrogens (tertiary/aromatic N) is 2. The number of allylic oxidation sites excluding steroid dienone is 5. The SMILES string of the molecule is CC1(c2ccc(-n3c4c(c5ccccc53)C=CCC4)cc2)C=CC(n2c3ccccc3c3ccccc32)=CC1. The fourth-order valence-electron chi connectivity index (χ4n) is 6.76. The molecule has 0 fully saturated rings. The van der Waals surface area contributed by atoms with E-state index in [1.54, 1.807) is 0 Å². The molecule has 188 valence electrons. The van der Waals surface area contributed by atoms with Crippen molar-refractivity contribution in [3.8, 4) is 5.69 Å². The van der Waals surface area contributed by atoms with E-state index in [4.69, 9.17) is 0 Å². The van der Waals surface area contributed by atoms with Crippen molar-refractivity contribution in [2.45, 2.75) is 31.6 Å². The lowest BCUT2D eigenvalue weighted by molar-refractivity contribution is 0.599. The molecule has 1 atom stereocenters. The molecule has 0 saturated carbocycles. The molecular weight excluding hydrogens is 472 g/mol. The van der Waals surface area contributed by atoms with E-state index in [0.29, 0.717) is 0 Å². The zero-order valence-corrected chi connectivity index (χ0v) is 22.1. The van der Waals surface area contributed by atoms with Gasteiger partial charge in [-0.25, -0.2) is 0 Å². The summed E-state index contributed by atoms with van der Waals surface area (Å²) in [5, 5.41) is 3.96. The van der Waals surface area contributed by atoms with Gasteiger partial charge >= 0.3 is 0 Å². The monoisotopic (exact) mass is 502 g/mol. The van der Waals surface area contributed by atoms with E-state index >= 15 is 0 Å². The Morgan fingerprint density at radius 2 is 1.26 bits per heavy atom. The Bertz CT molecular complexity index is 1940. The normalized spacial score (nSPS) is 18.6. The summed E-state index contributed by atoms with van der Waals surface area (Å²) in [5.41, 5.74) is 10.4. The lowest BCUT2D eigenvalue weighted by Crippen LogP contribution is -2.21. The van der Waals surface area contributed by atoms with Gasteiger partial charge in [0.1, 0.15) is 0 Å². The van der Waals surface area contributed by atoms with E-state index < -0.39 is 0 Å². The summed E-state index contributed by atoms with van der Waals surface area (Å²) >= 11 is 0. The van der Waals surface area contributed by atoms with Crippen LogP contribution in [0.4, 0.5) is 0 Å². The summed E-state index contributed by atoms with van der Waals surface area (Å²) < 4.78 is 4.88. The van der Waals surface area contributed by atoms with E-state index in [-0.39, 0.29) is 5.41 Å². The first kappa shape index (κ1) is 22.4. The fraction of sp³-hybridized carbons (Fsp3) is 0.135. The highest BCUT2D eigenvalue weighted by molar-refractivity contribution is 6.10. The standard InChI is InChI=1S/C37H30N2/c1-37(24-22-28(23-25-37)39-35-16-8-4-12-31(35)32-13-5-9-17-36(32)39)26-18-20-27(21-19-26)38-33-14-6-2-10-29(33)30-11-3-7-15-34(30)38/h2-6,8-14,16-24H,7,15,25H2,1H3. The number of para-hydroxylation sites is 3. The molecule has 6 aromatic rings. The first-order valence-electron chi connectivity index (χ1n) is 14.0. The van der Waals surface area contributed by atoms with Gasteiger partial charge < -0.3 is 9.13 Å². The predicted molar refractivity (Wildman–Crippen MR) is 165 cm³/mol. The van der Waals surface area contributed by atoms with Crippen LogP contribution in [-0.2, 0) is 11.8 Å². The van der Waals surface area contributed by atoms with Crippen molar-refractivity contribution >= 4 is 44.5 Å². The van der Waals surface area contributed by atoms with Crippen LogP contribution >= 0.6 is 0 Å². The van der Waals surface area contributed by atoms with Crippen LogP contribution < -0.4 is 0 Å². The van der Waals surface area contributed by atoms with Crippen LogP contribution in [-0.4, -0.2) is 9.13 Å². The average molecular weight is 503 g/mol. The molecule has 2 heterocycles. The molecule has 8 rings (SSSR count). The third kappa shape index (κ3) is 3.34. The predicted octanol–water partition coefficient (Wildman–Crippen LogP) is 9.46. The maximum Gasteiger partial charge on any atom is 0.0540 e. The van der Waals surface area contributed by atoms with E-state index in [0.717, 1.165) is 19.3 Å². The Labute approximate surface area is 228 Å². The van der Waals surface area contributed by atoms with Gasteiger partial charge in [-0.2, -0.15) is 0 Å². The molecule has 2 aromatic heterocycles. The number of hydrogen-bond acceptors (Lipinski definition) is 0. The summed E-state index contributed by atoms with van der Waals surface area (Å²) in [6.07, 6.45) is 14.9. The van der Waals surface area contributed by atoms with Crippen LogP contribution in [0.1, 0.15) is 36.6 Å². The lowest BCUT2D eigenvalue weighted by atomic mass is 9.77. The number of aromatic nitrogens is 2. The summed E-state index contributed by atoms with van der Waals surface area (Å²) in [5.74, 6) is 0. The first-order valence-corrected chi connectivity index (χ1v) is 14.0. The molecule has 2 heteroatoms. The molecule has 39 heavy (non-hydrogen) atoms. The average Bonchev–Trinajstić information content (AvgIpc) is 3.51. The maximum absolute atomic E-state index is 2.47. The van der Waals surface area contributed by atoms with Crippen LogP contribution in [0.3, 0.4) is 0 Å². The Morgan fingerprint density at radius 1 is 0.641 bits per heavy atom. The zero-order valence-electron chi connectivity index (χ0n) is 22.1. The van der Waals surface area contributed by atoms with Gasteiger partial charge in [0.15, 0.2) is 0 Å². The minimum Gasteiger partial charge on any atom is -0.313 e. The van der Waals surface area contributed by atoms with Crippen molar-refractivity contribution in [1.82, 2.24) is 9.13 Å². The molecule has 0 saturated heterocycles. The van der Waals surface area contributed by atoms with Crippen molar-refractivity contribution in [3.05, 3.63) is 138 Å². The van der Waals surface area contributed by atoms with Gasteiger partial charge in [0.05, 0.1) is 16.6 Å². The molecule has 0 amide bonds. The summed E-state index contributed by atoms with van der Waals surface area (Å²) in [4.78, 5) is 0. The van der Waals surface area contributed by atoms with Crippen molar-refractivity contribution in [1.29, 1.82) is 0 Å². The van der Waals surface area contributed by atoms with E-state index in [2.05, 4.69) is 143 Å². The summed E-state index contributed by atoms with van der Waals surface area (Å²) in [6, 6.07) is 35.6. The van der Waals surface area contributed by atoms with Crippen LogP contribution in [0.15, 0.2) is 121 Å². The molecule has 2 aliphatic rings. The maximum atomic E-state index is 2.47. The number of hydrogen-bond donors (Lipinski definition) is 0. The molecule has 0 N–H and O–H groups in total. The van der Waals surface area contributed by atoms with Crippen molar-refractivity contribution in [2.75, 3.05) is 0 Å². The Hall–Kier alpha value is -4.56. The van der Waals surface area contributed by atoms with Gasteiger partial charge in [-0.15, -0.1) is 0 Å². The van der Waals surface area contributed by atoms with E-state index in [9.17, 15) is 0 Å². The second kappa shape index (κ2) is 8.47. The van der Waals surface area contributed by atoms with E-state index in [1.165, 1.54) is 60.9 Å². The van der Waals surface area contributed by atoms with Gasteiger partial charge in [0, 0.05) is 44.2 Å². The number of benzene rings is 4. The summed E-state index contributed by atoms with van der Waals surface area (Å²) in [7, 11) is 0. The lowest BCUT2D eigenvalue weighted by Gasteiger charge is -2.29. The van der Waals surface area contributed by atoms with Crippen LogP contribution in [0.25, 0.3) is 50.2 Å². The Morgan fingerprint density at radius 3 is 1.90 bits per heavy atom. The molecule has 0 bridgehead atoms. The first-order chi connectivity index (χ1) is 19.2. The molecule has 2 nitrogen and oxygen atoms in total. The van der Waals surface area contributed by atoms with Crippen LogP contribution in [0.5, 0.6) is 0 Å². The third-order valence-electron chi connectivity index (χ3n) is 8.83. The zero-order chi connectivity index (χ0) is 26.0. The highest BCUT2D eigenvalue weighted by atomic mass is 15.0. The molecule has 2 aliphatic carbocycles. The van der Waals surface area contributed by atoms with Crippen molar-refractivity contribution in [2.24, 2.45) is 0 Å². The minimum atomic E-state index is -0.0400. The van der Waals surface area contributed by atoms with E-state index in [1.807, 2.05) is 0 Å². The fourth-order valence-corrected chi connectivity index (χ4v) is 6.76. The minimum absolute atomic E-state index is 0.0400. The molecule has 0 aliphatic heterocycles. The van der Waals surface area contributed by atoms with Gasteiger partial charge in [-0.3, -0.25) is 0 Å². The topological polar surface area (TPSA) is 9.86 Å². The molecule has 0 spiro atoms. The molecule has 0 radical (unpaired) electrons. The second-order valence-corrected chi connectivity index (χ2v) is 11.2.